The van der Waals surface area contributed by atoms with Crippen molar-refractivity contribution in [2.24, 2.45) is 0 Å². The van der Waals surface area contributed by atoms with Crippen LogP contribution in [0.1, 0.15) is 12.8 Å². The number of esters is 1. The van der Waals surface area contributed by atoms with Gasteiger partial charge < -0.3 is 4.74 Å². The van der Waals surface area contributed by atoms with Gasteiger partial charge in [0.2, 0.25) is 0 Å². The first-order valence-electron chi connectivity index (χ1n) is 2.26. The molecular weight excluding hydrogens is 92.1 g/mol. The summed E-state index contributed by atoms with van der Waals surface area (Å²) in [4.78, 5) is 10.2. The van der Waals surface area contributed by atoms with Crippen LogP contribution >= 0.6 is 0 Å². The number of cyclic esters (lactones) is 1. The molecular formula is C5H6O2. The molecule has 2 nitrogen and oxygen atoms in total. The zero-order valence-electron chi connectivity index (χ0n) is 3.94. The first-order valence-corrected chi connectivity index (χ1v) is 2.26. The highest BCUT2D eigenvalue weighted by molar-refractivity contribution is 5.70. The largest absolute Gasteiger partial charge is 0.465 e. The molecule has 0 bridgehead atoms. The van der Waals surface area contributed by atoms with E-state index in [2.05, 4.69) is 11.2 Å². The number of carbonyl (C=O) groups excluding carboxylic acids is 1. The third-order valence-corrected chi connectivity index (χ3v) is 0.841. The Morgan fingerprint density at radius 1 is 1.71 bits per heavy atom. The van der Waals surface area contributed by atoms with E-state index in [4.69, 9.17) is 0 Å². The maximum Gasteiger partial charge on any atom is 0.305 e. The van der Waals surface area contributed by atoms with E-state index < -0.39 is 0 Å². The van der Waals surface area contributed by atoms with Gasteiger partial charge in [-0.3, -0.25) is 4.79 Å². The van der Waals surface area contributed by atoms with Crippen molar-refractivity contribution >= 4 is 5.97 Å². The molecule has 0 atom stereocenters. The van der Waals surface area contributed by atoms with Gasteiger partial charge in [-0.15, -0.1) is 0 Å². The molecule has 0 spiro atoms. The quantitative estimate of drug-likeness (QED) is 0.410. The van der Waals surface area contributed by atoms with E-state index in [0.717, 1.165) is 6.42 Å². The second-order valence-electron chi connectivity index (χ2n) is 1.41. The number of ether oxygens (including phenoxy) is 1. The predicted molar refractivity (Wildman–Crippen MR) is 23.4 cm³/mol. The Hall–Kier alpha value is -0.530. The second-order valence-corrected chi connectivity index (χ2v) is 1.41. The highest BCUT2D eigenvalue weighted by Crippen LogP contribution is 2.03. The Balaban J connectivity index is 2.25. The number of carbonyl (C=O) groups is 1. The molecule has 2 heteroatoms. The standard InChI is InChI=1S/C5H6O2/c6-5-3-1-2-4-7-5/h1,3-4H2. The van der Waals surface area contributed by atoms with E-state index in [1.54, 1.807) is 0 Å². The van der Waals surface area contributed by atoms with Crippen molar-refractivity contribution < 1.29 is 9.53 Å². The SMILES string of the molecule is O=C1CC[C]CO1. The molecule has 38 valence electrons. The summed E-state index contributed by atoms with van der Waals surface area (Å²) in [7, 11) is 0. The molecule has 1 aliphatic rings. The fourth-order valence-corrected chi connectivity index (χ4v) is 0.466. The fourth-order valence-electron chi connectivity index (χ4n) is 0.466. The zero-order chi connectivity index (χ0) is 5.11. The van der Waals surface area contributed by atoms with Crippen LogP contribution in [0.2, 0.25) is 0 Å². The van der Waals surface area contributed by atoms with Crippen molar-refractivity contribution in [2.75, 3.05) is 6.61 Å². The van der Waals surface area contributed by atoms with E-state index in [9.17, 15) is 4.79 Å². The van der Waals surface area contributed by atoms with Crippen molar-refractivity contribution in [1.29, 1.82) is 0 Å². The van der Waals surface area contributed by atoms with Gasteiger partial charge in [-0.25, -0.2) is 0 Å². The van der Waals surface area contributed by atoms with E-state index in [-0.39, 0.29) is 5.97 Å². The lowest BCUT2D eigenvalue weighted by Crippen LogP contribution is -2.11. The summed E-state index contributed by atoms with van der Waals surface area (Å²) in [5.74, 6) is -0.0984. The Kier molecular flexibility index (Phi) is 1.29. The summed E-state index contributed by atoms with van der Waals surface area (Å²) in [6.45, 7) is 0.388. The average Bonchev–Trinajstić information content (AvgIpc) is 1.69. The molecule has 1 aliphatic heterocycles. The molecule has 1 fully saturated rings. The monoisotopic (exact) mass is 98.0 g/mol. The van der Waals surface area contributed by atoms with Crippen LogP contribution in [0.5, 0.6) is 0 Å². The maximum atomic E-state index is 10.2. The first kappa shape index (κ1) is 4.62. The summed E-state index contributed by atoms with van der Waals surface area (Å²) < 4.78 is 4.53. The summed E-state index contributed by atoms with van der Waals surface area (Å²) >= 11 is 0. The molecule has 0 N–H and O–H groups in total. The third-order valence-electron chi connectivity index (χ3n) is 0.841. The molecule has 0 saturated carbocycles. The van der Waals surface area contributed by atoms with Crippen molar-refractivity contribution in [2.45, 2.75) is 12.8 Å². The normalized spacial score (nSPS) is 21.4. The van der Waals surface area contributed by atoms with Crippen LogP contribution in [-0.2, 0) is 9.53 Å². The number of rotatable bonds is 0. The van der Waals surface area contributed by atoms with Crippen molar-refractivity contribution in [3.63, 3.8) is 0 Å². The molecule has 0 aromatic carbocycles. The van der Waals surface area contributed by atoms with E-state index >= 15 is 0 Å². The topological polar surface area (TPSA) is 26.3 Å². The Labute approximate surface area is 42.5 Å². The minimum Gasteiger partial charge on any atom is -0.465 e. The maximum absolute atomic E-state index is 10.2. The van der Waals surface area contributed by atoms with Crippen molar-refractivity contribution in [3.05, 3.63) is 6.42 Å². The average molecular weight is 98.1 g/mol. The molecule has 1 rings (SSSR count). The Morgan fingerprint density at radius 2 is 2.57 bits per heavy atom. The molecule has 0 unspecified atom stereocenters. The van der Waals surface area contributed by atoms with Crippen LogP contribution in [0, 0.1) is 6.42 Å². The van der Waals surface area contributed by atoms with Crippen molar-refractivity contribution in [1.82, 2.24) is 0 Å². The van der Waals surface area contributed by atoms with Gasteiger partial charge in [0.25, 0.3) is 0 Å². The third kappa shape index (κ3) is 1.18. The van der Waals surface area contributed by atoms with Crippen LogP contribution < -0.4 is 0 Å². The van der Waals surface area contributed by atoms with Crippen LogP contribution in [0.4, 0.5) is 0 Å². The van der Waals surface area contributed by atoms with Crippen LogP contribution in [0.25, 0.3) is 0 Å². The van der Waals surface area contributed by atoms with Gasteiger partial charge in [-0.1, -0.05) is 0 Å². The molecule has 2 radical (unpaired) electrons. The summed E-state index contributed by atoms with van der Waals surface area (Å²) in [6.07, 6.45) is 4.15. The lowest BCUT2D eigenvalue weighted by Gasteiger charge is -2.07. The Morgan fingerprint density at radius 3 is 2.86 bits per heavy atom. The predicted octanol–water partition coefficient (Wildman–Crippen LogP) is 0.405. The zero-order valence-corrected chi connectivity index (χ0v) is 3.94. The molecule has 0 aliphatic carbocycles. The van der Waals surface area contributed by atoms with Crippen LogP contribution in [0.15, 0.2) is 0 Å². The molecule has 1 heterocycles. The molecule has 0 aromatic rings. The van der Waals surface area contributed by atoms with Crippen LogP contribution in [-0.4, -0.2) is 12.6 Å². The number of hydrogen-bond acceptors (Lipinski definition) is 2. The highest BCUT2D eigenvalue weighted by Gasteiger charge is 2.07. The highest BCUT2D eigenvalue weighted by atomic mass is 16.5. The molecule has 0 aromatic heterocycles. The first-order chi connectivity index (χ1) is 3.39. The summed E-state index contributed by atoms with van der Waals surface area (Å²) in [6, 6.07) is 0. The lowest BCUT2D eigenvalue weighted by molar-refractivity contribution is -0.144. The number of hydrogen-bond donors (Lipinski definition) is 0. The summed E-state index contributed by atoms with van der Waals surface area (Å²) in [5, 5.41) is 0. The molecule has 1 saturated heterocycles. The van der Waals surface area contributed by atoms with Crippen molar-refractivity contribution in [3.8, 4) is 0 Å². The van der Waals surface area contributed by atoms with Gasteiger partial charge in [-0.2, -0.15) is 0 Å². The molecule has 0 amide bonds. The van der Waals surface area contributed by atoms with Gasteiger partial charge in [0.05, 0.1) is 6.61 Å². The molecule has 7 heavy (non-hydrogen) atoms. The lowest BCUT2D eigenvalue weighted by atomic mass is 10.2. The smallest absolute Gasteiger partial charge is 0.305 e. The van der Waals surface area contributed by atoms with E-state index in [1.165, 1.54) is 0 Å². The van der Waals surface area contributed by atoms with E-state index in [1.807, 2.05) is 0 Å². The Bertz CT molecular complexity index is 70.1. The fraction of sp³-hybridized carbons (Fsp3) is 0.600. The van der Waals surface area contributed by atoms with Gasteiger partial charge in [0, 0.05) is 12.8 Å². The van der Waals surface area contributed by atoms with Gasteiger partial charge in [0.15, 0.2) is 0 Å². The van der Waals surface area contributed by atoms with Crippen LogP contribution in [0.3, 0.4) is 0 Å². The van der Waals surface area contributed by atoms with Gasteiger partial charge >= 0.3 is 5.97 Å². The van der Waals surface area contributed by atoms with E-state index in [0.29, 0.717) is 13.0 Å². The van der Waals surface area contributed by atoms with Gasteiger partial charge in [0.1, 0.15) is 0 Å². The second kappa shape index (κ2) is 1.96. The minimum absolute atomic E-state index is 0.0984. The summed E-state index contributed by atoms with van der Waals surface area (Å²) in [5.41, 5.74) is 0. The minimum atomic E-state index is -0.0984. The van der Waals surface area contributed by atoms with Gasteiger partial charge in [-0.05, 0) is 6.42 Å².